The van der Waals surface area contributed by atoms with Crippen molar-refractivity contribution in [3.8, 4) is 5.75 Å². The first-order chi connectivity index (χ1) is 11.8. The predicted molar refractivity (Wildman–Crippen MR) is 97.9 cm³/mol. The summed E-state index contributed by atoms with van der Waals surface area (Å²) in [5.41, 5.74) is 2.08. The number of rotatable bonds is 1. The number of fused-ring (bicyclic) bond motifs is 4. The number of hydrazone groups is 1. The molecule has 1 aliphatic carbocycles. The van der Waals surface area contributed by atoms with Gasteiger partial charge in [-0.3, -0.25) is 0 Å². The minimum Gasteiger partial charge on any atom is -0.466 e. The first-order valence-electron chi connectivity index (χ1n) is 8.64. The van der Waals surface area contributed by atoms with Crippen molar-refractivity contribution in [3.63, 3.8) is 0 Å². The third-order valence-electron chi connectivity index (χ3n) is 5.40. The van der Waals surface area contributed by atoms with Crippen LogP contribution >= 0.6 is 22.9 Å². The van der Waals surface area contributed by atoms with Crippen molar-refractivity contribution in [2.45, 2.75) is 50.3 Å². The topological polar surface area (TPSA) is 24.8 Å². The molecule has 5 rings (SSSR count). The average molecular weight is 359 g/mol. The van der Waals surface area contributed by atoms with Gasteiger partial charge in [-0.15, -0.1) is 11.3 Å². The largest absolute Gasteiger partial charge is 0.466 e. The Bertz CT molecular complexity index is 796. The summed E-state index contributed by atoms with van der Waals surface area (Å²) >= 11 is 8.03. The van der Waals surface area contributed by atoms with Crippen LogP contribution in [0, 0.1) is 0 Å². The molecule has 124 valence electrons. The van der Waals surface area contributed by atoms with Crippen LogP contribution in [-0.4, -0.2) is 16.4 Å². The van der Waals surface area contributed by atoms with Crippen LogP contribution in [0.15, 0.2) is 40.8 Å². The molecule has 2 aromatic rings. The molecule has 1 atom stereocenters. The van der Waals surface area contributed by atoms with Crippen LogP contribution in [0.3, 0.4) is 0 Å². The Morgan fingerprint density at radius 1 is 1.21 bits per heavy atom. The fourth-order valence-electron chi connectivity index (χ4n) is 4.28. The highest BCUT2D eigenvalue weighted by molar-refractivity contribution is 7.12. The number of ether oxygens (including phenoxy) is 1. The third kappa shape index (κ3) is 2.20. The van der Waals surface area contributed by atoms with Gasteiger partial charge in [0.2, 0.25) is 0 Å². The van der Waals surface area contributed by atoms with E-state index in [1.54, 1.807) is 11.3 Å². The summed E-state index contributed by atoms with van der Waals surface area (Å²) in [7, 11) is 0. The molecule has 1 aromatic carbocycles. The van der Waals surface area contributed by atoms with E-state index in [4.69, 9.17) is 21.4 Å². The van der Waals surface area contributed by atoms with Gasteiger partial charge in [0.15, 0.2) is 5.72 Å². The summed E-state index contributed by atoms with van der Waals surface area (Å²) < 4.78 is 6.56. The molecule has 1 aromatic heterocycles. The van der Waals surface area contributed by atoms with Crippen molar-refractivity contribution in [3.05, 3.63) is 51.2 Å². The van der Waals surface area contributed by atoms with Crippen LogP contribution in [0.2, 0.25) is 5.02 Å². The second kappa shape index (κ2) is 5.50. The molecule has 1 fully saturated rings. The first kappa shape index (κ1) is 14.8. The molecule has 3 aliphatic rings. The van der Waals surface area contributed by atoms with Crippen molar-refractivity contribution >= 4 is 28.6 Å². The molecule has 3 heterocycles. The van der Waals surface area contributed by atoms with E-state index in [1.165, 1.54) is 35.4 Å². The number of benzene rings is 1. The van der Waals surface area contributed by atoms with Crippen LogP contribution in [-0.2, 0) is 0 Å². The summed E-state index contributed by atoms with van der Waals surface area (Å²) in [5, 5.41) is 10.2. The lowest BCUT2D eigenvalue weighted by molar-refractivity contribution is -0.140. The van der Waals surface area contributed by atoms with Gasteiger partial charge < -0.3 is 4.74 Å². The van der Waals surface area contributed by atoms with Crippen molar-refractivity contribution in [2.24, 2.45) is 5.10 Å². The van der Waals surface area contributed by atoms with Gasteiger partial charge in [-0.2, -0.15) is 5.10 Å². The van der Waals surface area contributed by atoms with Gasteiger partial charge in [-0.25, -0.2) is 5.01 Å². The van der Waals surface area contributed by atoms with Crippen LogP contribution in [0.25, 0.3) is 0 Å². The Morgan fingerprint density at radius 2 is 2.08 bits per heavy atom. The SMILES string of the molecule is Clc1ccc2c(c1)[C@H]1CC(c3cccs3)=NN1C1(CCCCC1)O2. The molecule has 0 bridgehead atoms. The Labute approximate surface area is 150 Å². The van der Waals surface area contributed by atoms with Crippen LogP contribution in [0.4, 0.5) is 0 Å². The van der Waals surface area contributed by atoms with E-state index in [-0.39, 0.29) is 11.8 Å². The zero-order valence-corrected chi connectivity index (χ0v) is 14.9. The van der Waals surface area contributed by atoms with Crippen molar-refractivity contribution in [1.82, 2.24) is 5.01 Å². The van der Waals surface area contributed by atoms with E-state index >= 15 is 0 Å². The van der Waals surface area contributed by atoms with Crippen LogP contribution in [0.1, 0.15) is 55.0 Å². The van der Waals surface area contributed by atoms with Gasteiger partial charge in [0.05, 0.1) is 16.6 Å². The maximum absolute atomic E-state index is 6.56. The summed E-state index contributed by atoms with van der Waals surface area (Å²) in [6.45, 7) is 0. The minimum absolute atomic E-state index is 0.239. The predicted octanol–water partition coefficient (Wildman–Crippen LogP) is 5.61. The standard InChI is InChI=1S/C19H19ClN2OS/c20-13-6-7-17-14(11-13)16-12-15(18-5-4-10-24-18)21-22(16)19(23-17)8-2-1-3-9-19/h4-7,10-11,16H,1-3,8-9,12H2/t16-/m1/s1. The molecular formula is C19H19ClN2OS. The summed E-state index contributed by atoms with van der Waals surface area (Å²) in [6, 6.07) is 10.5. The quantitative estimate of drug-likeness (QED) is 0.662. The number of halogens is 1. The maximum atomic E-state index is 6.56. The molecule has 0 saturated heterocycles. The Balaban J connectivity index is 1.62. The van der Waals surface area contributed by atoms with Crippen LogP contribution < -0.4 is 4.74 Å². The maximum Gasteiger partial charge on any atom is 0.198 e. The molecule has 24 heavy (non-hydrogen) atoms. The second-order valence-electron chi connectivity index (χ2n) is 6.88. The third-order valence-corrected chi connectivity index (χ3v) is 6.55. The van der Waals surface area contributed by atoms with E-state index in [0.29, 0.717) is 0 Å². The average Bonchev–Trinajstić information content (AvgIpc) is 3.26. The Hall–Kier alpha value is -1.52. The highest BCUT2D eigenvalue weighted by Gasteiger charge is 2.50. The molecule has 2 aliphatic heterocycles. The zero-order chi connectivity index (χ0) is 16.1. The number of hydrogen-bond acceptors (Lipinski definition) is 4. The smallest absolute Gasteiger partial charge is 0.198 e. The van der Waals surface area contributed by atoms with Gasteiger partial charge in [0.25, 0.3) is 0 Å². The van der Waals surface area contributed by atoms with E-state index in [9.17, 15) is 0 Å². The molecular weight excluding hydrogens is 340 g/mol. The van der Waals surface area contributed by atoms with Gasteiger partial charge in [0, 0.05) is 29.8 Å². The second-order valence-corrected chi connectivity index (χ2v) is 8.26. The lowest BCUT2D eigenvalue weighted by Crippen LogP contribution is -2.54. The molecule has 1 saturated carbocycles. The number of hydrogen-bond donors (Lipinski definition) is 0. The van der Waals surface area contributed by atoms with Gasteiger partial charge in [-0.05, 0) is 42.5 Å². The molecule has 0 unspecified atom stereocenters. The number of thiophene rings is 1. The lowest BCUT2D eigenvalue weighted by atomic mass is 9.87. The monoisotopic (exact) mass is 358 g/mol. The highest BCUT2D eigenvalue weighted by Crippen LogP contribution is 2.51. The van der Waals surface area contributed by atoms with E-state index in [2.05, 4.69) is 28.6 Å². The normalized spacial score (nSPS) is 24.3. The Morgan fingerprint density at radius 3 is 2.88 bits per heavy atom. The van der Waals surface area contributed by atoms with Crippen molar-refractivity contribution in [2.75, 3.05) is 0 Å². The van der Waals surface area contributed by atoms with E-state index in [0.717, 1.165) is 30.0 Å². The molecule has 0 N–H and O–H groups in total. The van der Waals surface area contributed by atoms with E-state index in [1.807, 2.05) is 12.1 Å². The lowest BCUT2D eigenvalue weighted by Gasteiger charge is -2.49. The van der Waals surface area contributed by atoms with E-state index < -0.39 is 0 Å². The minimum atomic E-state index is -0.275. The van der Waals surface area contributed by atoms with Crippen molar-refractivity contribution < 1.29 is 4.74 Å². The summed E-state index contributed by atoms with van der Waals surface area (Å²) in [4.78, 5) is 1.26. The molecule has 5 heteroatoms. The van der Waals surface area contributed by atoms with Crippen LogP contribution in [0.5, 0.6) is 5.75 Å². The Kier molecular flexibility index (Phi) is 3.39. The molecule has 0 radical (unpaired) electrons. The van der Waals surface area contributed by atoms with Gasteiger partial charge in [-0.1, -0.05) is 24.1 Å². The highest BCUT2D eigenvalue weighted by atomic mass is 35.5. The fourth-order valence-corrected chi connectivity index (χ4v) is 5.18. The van der Waals surface area contributed by atoms with Gasteiger partial charge in [0.1, 0.15) is 5.75 Å². The van der Waals surface area contributed by atoms with Crippen molar-refractivity contribution in [1.29, 1.82) is 0 Å². The zero-order valence-electron chi connectivity index (χ0n) is 13.4. The molecule has 1 spiro atoms. The molecule has 0 amide bonds. The number of nitrogens with zero attached hydrogens (tertiary/aromatic N) is 2. The molecule has 3 nitrogen and oxygen atoms in total. The first-order valence-corrected chi connectivity index (χ1v) is 9.90. The summed E-state index contributed by atoms with van der Waals surface area (Å²) in [5.74, 6) is 0.991. The summed E-state index contributed by atoms with van der Waals surface area (Å²) in [6.07, 6.45) is 6.73. The fraction of sp³-hybridized carbons (Fsp3) is 0.421. The van der Waals surface area contributed by atoms with Gasteiger partial charge >= 0.3 is 0 Å².